The molecule has 0 aromatic carbocycles. The Hall–Kier alpha value is -1.47. The van der Waals surface area contributed by atoms with Crippen molar-refractivity contribution in [2.45, 2.75) is 32.9 Å². The molecule has 1 atom stereocenters. The third-order valence-electron chi connectivity index (χ3n) is 3.17. The van der Waals surface area contributed by atoms with Gasteiger partial charge >= 0.3 is 5.97 Å². The molecule has 1 unspecified atom stereocenters. The standard InChI is InChI=1S/C12H22N4O3/c1-4-10(2)15(7-8-19-3)5-6-16-9-11(12(17)18)13-14-16/h9-10H,4-8H2,1-3H3,(H,17,18). The summed E-state index contributed by atoms with van der Waals surface area (Å²) >= 11 is 0. The fourth-order valence-corrected chi connectivity index (χ4v) is 1.76. The Labute approximate surface area is 113 Å². The lowest BCUT2D eigenvalue weighted by Gasteiger charge is -2.27. The van der Waals surface area contributed by atoms with Crippen LogP contribution in [0, 0.1) is 0 Å². The van der Waals surface area contributed by atoms with Crippen LogP contribution in [0.4, 0.5) is 0 Å². The second kappa shape index (κ2) is 7.85. The Morgan fingerprint density at radius 1 is 1.58 bits per heavy atom. The van der Waals surface area contributed by atoms with Crippen LogP contribution in [-0.2, 0) is 11.3 Å². The summed E-state index contributed by atoms with van der Waals surface area (Å²) in [6, 6.07) is 0.456. The molecule has 0 bridgehead atoms. The average molecular weight is 270 g/mol. The summed E-state index contributed by atoms with van der Waals surface area (Å²) in [6.45, 7) is 7.26. The highest BCUT2D eigenvalue weighted by atomic mass is 16.5. The fourth-order valence-electron chi connectivity index (χ4n) is 1.76. The van der Waals surface area contributed by atoms with Crippen molar-refractivity contribution >= 4 is 5.97 Å². The van der Waals surface area contributed by atoms with Gasteiger partial charge in [-0.05, 0) is 13.3 Å². The summed E-state index contributed by atoms with van der Waals surface area (Å²) < 4.78 is 6.66. The molecule has 0 aliphatic carbocycles. The first kappa shape index (κ1) is 15.6. The summed E-state index contributed by atoms with van der Waals surface area (Å²) in [6.07, 6.45) is 2.51. The van der Waals surface area contributed by atoms with Crippen molar-refractivity contribution in [3.05, 3.63) is 11.9 Å². The largest absolute Gasteiger partial charge is 0.476 e. The van der Waals surface area contributed by atoms with Gasteiger partial charge in [-0.15, -0.1) is 5.10 Å². The molecule has 0 saturated carbocycles. The van der Waals surface area contributed by atoms with Crippen LogP contribution >= 0.6 is 0 Å². The van der Waals surface area contributed by atoms with E-state index < -0.39 is 5.97 Å². The highest BCUT2D eigenvalue weighted by molar-refractivity contribution is 5.84. The minimum absolute atomic E-state index is 0.0213. The predicted molar refractivity (Wildman–Crippen MR) is 70.2 cm³/mol. The zero-order valence-electron chi connectivity index (χ0n) is 11.7. The molecular formula is C12H22N4O3. The van der Waals surface area contributed by atoms with Crippen molar-refractivity contribution in [3.63, 3.8) is 0 Å². The molecule has 0 fully saturated rings. The monoisotopic (exact) mass is 270 g/mol. The molecule has 0 amide bonds. The number of rotatable bonds is 9. The van der Waals surface area contributed by atoms with E-state index in [-0.39, 0.29) is 5.69 Å². The molecule has 1 aromatic heterocycles. The molecule has 0 aliphatic rings. The minimum atomic E-state index is -1.05. The van der Waals surface area contributed by atoms with Gasteiger partial charge < -0.3 is 9.84 Å². The van der Waals surface area contributed by atoms with Crippen molar-refractivity contribution < 1.29 is 14.6 Å². The van der Waals surface area contributed by atoms with Gasteiger partial charge in [0, 0.05) is 26.2 Å². The van der Waals surface area contributed by atoms with Gasteiger partial charge in [-0.3, -0.25) is 9.58 Å². The molecule has 1 aromatic rings. The number of nitrogens with zero attached hydrogens (tertiary/aromatic N) is 4. The van der Waals surface area contributed by atoms with Gasteiger partial charge in [0.25, 0.3) is 0 Å². The molecule has 1 heterocycles. The average Bonchev–Trinajstić information content (AvgIpc) is 2.87. The first-order chi connectivity index (χ1) is 9.08. The lowest BCUT2D eigenvalue weighted by molar-refractivity contribution is 0.0690. The summed E-state index contributed by atoms with van der Waals surface area (Å²) in [5.74, 6) is -1.05. The van der Waals surface area contributed by atoms with Crippen LogP contribution in [0.3, 0.4) is 0 Å². The Morgan fingerprint density at radius 3 is 2.84 bits per heavy atom. The summed E-state index contributed by atoms with van der Waals surface area (Å²) in [4.78, 5) is 13.0. The van der Waals surface area contributed by atoms with Gasteiger partial charge in [0.05, 0.1) is 19.3 Å². The van der Waals surface area contributed by atoms with Crippen molar-refractivity contribution in [1.29, 1.82) is 0 Å². The molecule has 108 valence electrons. The minimum Gasteiger partial charge on any atom is -0.476 e. The Balaban J connectivity index is 2.51. The van der Waals surface area contributed by atoms with E-state index in [4.69, 9.17) is 9.84 Å². The van der Waals surface area contributed by atoms with Gasteiger partial charge in [0.2, 0.25) is 0 Å². The number of hydrogen-bond donors (Lipinski definition) is 1. The molecular weight excluding hydrogens is 248 g/mol. The topological polar surface area (TPSA) is 80.5 Å². The van der Waals surface area contributed by atoms with Crippen molar-refractivity contribution in [3.8, 4) is 0 Å². The molecule has 0 radical (unpaired) electrons. The van der Waals surface area contributed by atoms with Crippen LogP contribution in [0.2, 0.25) is 0 Å². The normalized spacial score (nSPS) is 12.8. The number of carboxylic acids is 1. The number of ether oxygens (including phenoxy) is 1. The number of methoxy groups -OCH3 is 1. The predicted octanol–water partition coefficient (Wildman–Crippen LogP) is 0.723. The number of carboxylic acid groups (broad SMARTS) is 1. The van der Waals surface area contributed by atoms with Crippen LogP contribution in [0.25, 0.3) is 0 Å². The molecule has 7 heteroatoms. The van der Waals surface area contributed by atoms with Gasteiger partial charge in [0.1, 0.15) is 0 Å². The van der Waals surface area contributed by atoms with Crippen molar-refractivity contribution in [2.75, 3.05) is 26.8 Å². The second-order valence-electron chi connectivity index (χ2n) is 4.46. The molecule has 0 aliphatic heterocycles. The molecule has 1 rings (SSSR count). The van der Waals surface area contributed by atoms with Crippen molar-refractivity contribution in [1.82, 2.24) is 19.9 Å². The van der Waals surface area contributed by atoms with E-state index in [0.29, 0.717) is 19.2 Å². The third-order valence-corrected chi connectivity index (χ3v) is 3.17. The van der Waals surface area contributed by atoms with E-state index in [9.17, 15) is 4.79 Å². The maximum atomic E-state index is 10.7. The van der Waals surface area contributed by atoms with Crippen LogP contribution in [0.5, 0.6) is 0 Å². The molecule has 0 saturated heterocycles. The van der Waals surface area contributed by atoms with Crippen LogP contribution in [0.1, 0.15) is 30.8 Å². The van der Waals surface area contributed by atoms with Crippen LogP contribution in [-0.4, -0.2) is 63.8 Å². The first-order valence-corrected chi connectivity index (χ1v) is 6.44. The number of carbonyl (C=O) groups is 1. The van der Waals surface area contributed by atoms with Crippen molar-refractivity contribution in [2.24, 2.45) is 0 Å². The van der Waals surface area contributed by atoms with Gasteiger partial charge in [-0.2, -0.15) is 0 Å². The molecule has 0 spiro atoms. The van der Waals surface area contributed by atoms with E-state index in [1.165, 1.54) is 6.20 Å². The Morgan fingerprint density at radius 2 is 2.32 bits per heavy atom. The quantitative estimate of drug-likeness (QED) is 0.712. The number of hydrogen-bond acceptors (Lipinski definition) is 5. The van der Waals surface area contributed by atoms with E-state index in [0.717, 1.165) is 19.5 Å². The lowest BCUT2D eigenvalue weighted by atomic mass is 10.2. The van der Waals surface area contributed by atoms with Gasteiger partial charge in [0.15, 0.2) is 5.69 Å². The highest BCUT2D eigenvalue weighted by Crippen LogP contribution is 2.04. The summed E-state index contributed by atoms with van der Waals surface area (Å²) in [7, 11) is 1.69. The van der Waals surface area contributed by atoms with Crippen LogP contribution in [0.15, 0.2) is 6.20 Å². The van der Waals surface area contributed by atoms with Gasteiger partial charge in [-0.25, -0.2) is 4.79 Å². The Bertz CT molecular complexity index is 394. The fraction of sp³-hybridized carbons (Fsp3) is 0.750. The van der Waals surface area contributed by atoms with Gasteiger partial charge in [-0.1, -0.05) is 12.1 Å². The summed E-state index contributed by atoms with van der Waals surface area (Å²) in [5.41, 5.74) is -0.0213. The summed E-state index contributed by atoms with van der Waals surface area (Å²) in [5, 5.41) is 16.2. The zero-order valence-corrected chi connectivity index (χ0v) is 11.7. The van der Waals surface area contributed by atoms with E-state index in [2.05, 4.69) is 29.1 Å². The maximum absolute atomic E-state index is 10.7. The number of aromatic carboxylic acids is 1. The van der Waals surface area contributed by atoms with Crippen LogP contribution < -0.4 is 0 Å². The lowest BCUT2D eigenvalue weighted by Crippen LogP contribution is -2.37. The highest BCUT2D eigenvalue weighted by Gasteiger charge is 2.13. The van der Waals surface area contributed by atoms with E-state index in [1.807, 2.05) is 0 Å². The SMILES string of the molecule is CCC(C)N(CCOC)CCn1cc(C(=O)O)nn1. The van der Waals surface area contributed by atoms with E-state index in [1.54, 1.807) is 11.8 Å². The second-order valence-corrected chi connectivity index (χ2v) is 4.46. The van der Waals surface area contributed by atoms with E-state index >= 15 is 0 Å². The maximum Gasteiger partial charge on any atom is 0.358 e. The molecule has 1 N–H and O–H groups in total. The molecule has 19 heavy (non-hydrogen) atoms. The molecule has 7 nitrogen and oxygen atoms in total. The zero-order chi connectivity index (χ0) is 14.3. The smallest absolute Gasteiger partial charge is 0.358 e. The third kappa shape index (κ3) is 4.96. The number of aromatic nitrogens is 3. The first-order valence-electron chi connectivity index (χ1n) is 6.44. The Kier molecular flexibility index (Phi) is 6.44.